The largest absolute Gasteiger partial charge is 0.0645 e. The molecule has 264 valence electrons. The summed E-state index contributed by atoms with van der Waals surface area (Å²) in [4.78, 5) is 0. The van der Waals surface area contributed by atoms with Crippen LogP contribution in [0.1, 0.15) is 61.3 Å². The zero-order chi connectivity index (χ0) is 37.0. The van der Waals surface area contributed by atoms with Crippen LogP contribution in [0.3, 0.4) is 0 Å². The molecule has 0 N–H and O–H groups in total. The molecule has 0 bridgehead atoms. The average Bonchev–Trinajstić information content (AvgIpc) is 3.75. The Hall–Kier alpha value is -6.24. The van der Waals surface area contributed by atoms with Gasteiger partial charge in [-0.25, -0.2) is 0 Å². The van der Waals surface area contributed by atoms with E-state index in [0.29, 0.717) is 17.8 Å². The molecule has 0 heteroatoms. The average molecular weight is 705 g/mol. The van der Waals surface area contributed by atoms with E-state index in [4.69, 9.17) is 0 Å². The second-order valence-corrected chi connectivity index (χ2v) is 15.8. The first-order chi connectivity index (χ1) is 27.0. The first-order valence-electron chi connectivity index (χ1n) is 19.9. The number of hydrogen-bond acceptors (Lipinski definition) is 0. The molecule has 0 saturated heterocycles. The molecule has 8 aromatic rings. The molecule has 2 aliphatic rings. The summed E-state index contributed by atoms with van der Waals surface area (Å²) in [5, 5.41) is 0. The highest BCUT2D eigenvalue weighted by Gasteiger charge is 2.32. The molecule has 0 saturated carbocycles. The molecule has 2 aliphatic carbocycles. The Morgan fingerprint density at radius 2 is 0.636 bits per heavy atom. The van der Waals surface area contributed by atoms with Crippen molar-refractivity contribution in [3.8, 4) is 77.9 Å². The molecule has 8 aromatic carbocycles. The third-order valence-corrected chi connectivity index (χ3v) is 12.2. The van der Waals surface area contributed by atoms with Gasteiger partial charge in [-0.1, -0.05) is 166 Å². The van der Waals surface area contributed by atoms with E-state index in [2.05, 4.69) is 203 Å². The van der Waals surface area contributed by atoms with E-state index in [1.165, 1.54) is 100 Å². The van der Waals surface area contributed by atoms with Crippen molar-refractivity contribution < 1.29 is 0 Å². The Labute approximate surface area is 325 Å². The van der Waals surface area contributed by atoms with Crippen LogP contribution in [0.15, 0.2) is 182 Å². The minimum Gasteiger partial charge on any atom is -0.0645 e. The third kappa shape index (κ3) is 5.76. The normalized spacial score (nSPS) is 15.1. The van der Waals surface area contributed by atoms with Gasteiger partial charge < -0.3 is 0 Å². The summed E-state index contributed by atoms with van der Waals surface area (Å²) in [7, 11) is 0. The molecule has 0 fully saturated rings. The topological polar surface area (TPSA) is 0 Å². The van der Waals surface area contributed by atoms with Crippen LogP contribution >= 0.6 is 0 Å². The van der Waals surface area contributed by atoms with Crippen molar-refractivity contribution in [1.29, 1.82) is 0 Å². The fraction of sp³-hybridized carbons (Fsp3) is 0.127. The standard InChI is InChI=1S/C55H44/c1-4-46-51-31-42(40-19-11-17-38(29-40)36-13-7-5-8-14-36)21-25-47(51)48-26-22-43(32-52(46)48)45-24-28-50-49-27-23-44(33-53(49)55(35(2)3)54(50)34-45)41-20-12-18-39(30-41)37-15-9-6-10-16-37/h5-35,46,55H,4H2,1-3H3. The molecule has 2 atom stereocenters. The maximum atomic E-state index is 2.50. The van der Waals surface area contributed by atoms with Crippen molar-refractivity contribution >= 4 is 0 Å². The van der Waals surface area contributed by atoms with Crippen LogP contribution in [0.5, 0.6) is 0 Å². The van der Waals surface area contributed by atoms with E-state index in [-0.39, 0.29) is 0 Å². The van der Waals surface area contributed by atoms with Gasteiger partial charge in [0.05, 0.1) is 0 Å². The maximum absolute atomic E-state index is 2.50. The van der Waals surface area contributed by atoms with Gasteiger partial charge in [0, 0.05) is 11.8 Å². The third-order valence-electron chi connectivity index (χ3n) is 12.2. The van der Waals surface area contributed by atoms with Crippen molar-refractivity contribution in [2.24, 2.45) is 5.92 Å². The van der Waals surface area contributed by atoms with Crippen LogP contribution in [-0.4, -0.2) is 0 Å². The van der Waals surface area contributed by atoms with Crippen molar-refractivity contribution in [2.45, 2.75) is 39.0 Å². The van der Waals surface area contributed by atoms with E-state index in [1.807, 2.05) is 0 Å². The van der Waals surface area contributed by atoms with Crippen molar-refractivity contribution in [1.82, 2.24) is 0 Å². The minimum atomic E-state index is 0.350. The maximum Gasteiger partial charge on any atom is 0.0125 e. The van der Waals surface area contributed by atoms with Gasteiger partial charge in [-0.15, -0.1) is 0 Å². The smallest absolute Gasteiger partial charge is 0.0125 e. The highest BCUT2D eigenvalue weighted by Crippen LogP contribution is 2.52. The van der Waals surface area contributed by atoms with E-state index < -0.39 is 0 Å². The van der Waals surface area contributed by atoms with Gasteiger partial charge >= 0.3 is 0 Å². The quantitative estimate of drug-likeness (QED) is 0.155. The Balaban J connectivity index is 0.972. The first-order valence-corrected chi connectivity index (χ1v) is 19.9. The zero-order valence-electron chi connectivity index (χ0n) is 31.8. The molecule has 55 heavy (non-hydrogen) atoms. The molecular formula is C55H44. The highest BCUT2D eigenvalue weighted by atomic mass is 14.4. The van der Waals surface area contributed by atoms with E-state index in [0.717, 1.165) is 6.42 Å². The van der Waals surface area contributed by atoms with Crippen molar-refractivity contribution in [2.75, 3.05) is 0 Å². The monoisotopic (exact) mass is 704 g/mol. The predicted octanol–water partition coefficient (Wildman–Crippen LogP) is 15.3. The van der Waals surface area contributed by atoms with Crippen LogP contribution in [-0.2, 0) is 0 Å². The molecule has 0 radical (unpaired) electrons. The van der Waals surface area contributed by atoms with Gasteiger partial charge in [0.15, 0.2) is 0 Å². The second-order valence-electron chi connectivity index (χ2n) is 15.8. The van der Waals surface area contributed by atoms with Gasteiger partial charge in [-0.2, -0.15) is 0 Å². The fourth-order valence-electron chi connectivity index (χ4n) is 9.55. The SMILES string of the molecule is CCC1c2cc(-c3cccc(-c4ccccc4)c3)ccc2-c2ccc(-c3ccc4c(c3)C(C(C)C)c3cc(-c5cccc(-c6ccccc6)c5)ccc3-4)cc21. The Kier molecular flexibility index (Phi) is 8.22. The van der Waals surface area contributed by atoms with Gasteiger partial charge in [0.2, 0.25) is 0 Å². The lowest BCUT2D eigenvalue weighted by Crippen LogP contribution is -2.05. The van der Waals surface area contributed by atoms with E-state index in [9.17, 15) is 0 Å². The molecule has 0 aromatic heterocycles. The summed E-state index contributed by atoms with van der Waals surface area (Å²) < 4.78 is 0. The summed E-state index contributed by atoms with van der Waals surface area (Å²) in [5.41, 5.74) is 24.1. The van der Waals surface area contributed by atoms with Crippen molar-refractivity contribution in [3.63, 3.8) is 0 Å². The van der Waals surface area contributed by atoms with Gasteiger partial charge in [0.1, 0.15) is 0 Å². The number of rotatable bonds is 7. The molecular weight excluding hydrogens is 661 g/mol. The summed E-state index contributed by atoms with van der Waals surface area (Å²) in [6.45, 7) is 7.10. The molecule has 0 heterocycles. The lowest BCUT2D eigenvalue weighted by Gasteiger charge is -2.19. The van der Waals surface area contributed by atoms with Gasteiger partial charge in [0.25, 0.3) is 0 Å². The van der Waals surface area contributed by atoms with E-state index >= 15 is 0 Å². The number of benzene rings is 8. The molecule has 2 unspecified atom stereocenters. The molecule has 0 nitrogen and oxygen atoms in total. The minimum absolute atomic E-state index is 0.350. The molecule has 10 rings (SSSR count). The highest BCUT2D eigenvalue weighted by molar-refractivity contribution is 5.88. The van der Waals surface area contributed by atoms with Crippen LogP contribution in [0, 0.1) is 5.92 Å². The van der Waals surface area contributed by atoms with E-state index in [1.54, 1.807) is 0 Å². The second kappa shape index (κ2) is 13.6. The summed E-state index contributed by atoms with van der Waals surface area (Å²) in [5.74, 6) is 1.20. The summed E-state index contributed by atoms with van der Waals surface area (Å²) in [6.07, 6.45) is 1.07. The zero-order valence-corrected chi connectivity index (χ0v) is 31.8. The predicted molar refractivity (Wildman–Crippen MR) is 233 cm³/mol. The lowest BCUT2D eigenvalue weighted by molar-refractivity contribution is 0.573. The van der Waals surface area contributed by atoms with Gasteiger partial charge in [-0.3, -0.25) is 0 Å². The number of fused-ring (bicyclic) bond motifs is 6. The summed E-state index contributed by atoms with van der Waals surface area (Å²) in [6, 6.07) is 68.1. The van der Waals surface area contributed by atoms with Crippen LogP contribution in [0.25, 0.3) is 77.9 Å². The van der Waals surface area contributed by atoms with Crippen molar-refractivity contribution in [3.05, 3.63) is 204 Å². The fourth-order valence-corrected chi connectivity index (χ4v) is 9.55. The molecule has 0 aliphatic heterocycles. The van der Waals surface area contributed by atoms with Gasteiger partial charge in [-0.05, 0) is 149 Å². The van der Waals surface area contributed by atoms with Crippen LogP contribution in [0.4, 0.5) is 0 Å². The molecule has 0 amide bonds. The summed E-state index contributed by atoms with van der Waals surface area (Å²) >= 11 is 0. The van der Waals surface area contributed by atoms with Crippen LogP contribution < -0.4 is 0 Å². The Bertz CT molecular complexity index is 2710. The van der Waals surface area contributed by atoms with Crippen LogP contribution in [0.2, 0.25) is 0 Å². The molecule has 0 spiro atoms. The lowest BCUT2D eigenvalue weighted by atomic mass is 9.84. The number of hydrogen-bond donors (Lipinski definition) is 0. The first kappa shape index (κ1) is 33.3. The Morgan fingerprint density at radius 1 is 0.327 bits per heavy atom. The Morgan fingerprint density at radius 3 is 1.00 bits per heavy atom.